The molecule has 1 N–H and O–H groups in total. The standard InChI is InChI=1S/C25H25F3N6O2/c1-15-13-33(8-7-29-15)25-30-11-17(12-31-25)18-10-21-19(9-20(18)26)23(35)32(2)34(21)14-16-5-3-4-6-22(16)36-24(27)28/h3-6,9-12,15,24,29H,7-8,13-14H2,1-2H3/t15-/m1/s1. The Kier molecular flexibility index (Phi) is 6.40. The van der Waals surface area contributed by atoms with Crippen LogP contribution in [-0.2, 0) is 13.6 Å². The van der Waals surface area contributed by atoms with Crippen LogP contribution in [0, 0.1) is 5.82 Å². The second kappa shape index (κ2) is 9.65. The highest BCUT2D eigenvalue weighted by Crippen LogP contribution is 2.28. The van der Waals surface area contributed by atoms with E-state index in [0.29, 0.717) is 28.6 Å². The van der Waals surface area contributed by atoms with E-state index in [0.717, 1.165) is 19.6 Å². The number of hydrogen-bond donors (Lipinski definition) is 1. The molecule has 0 amide bonds. The summed E-state index contributed by atoms with van der Waals surface area (Å²) in [4.78, 5) is 23.8. The predicted octanol–water partition coefficient (Wildman–Crippen LogP) is 3.38. The number of piperazine rings is 1. The Morgan fingerprint density at radius 2 is 1.94 bits per heavy atom. The lowest BCUT2D eigenvalue weighted by Crippen LogP contribution is -2.49. The van der Waals surface area contributed by atoms with Gasteiger partial charge in [-0.25, -0.2) is 14.4 Å². The third kappa shape index (κ3) is 4.53. The summed E-state index contributed by atoms with van der Waals surface area (Å²) < 4.78 is 48.5. The molecule has 0 unspecified atom stereocenters. The van der Waals surface area contributed by atoms with Crippen LogP contribution in [0.2, 0.25) is 0 Å². The van der Waals surface area contributed by atoms with E-state index in [1.807, 2.05) is 0 Å². The van der Waals surface area contributed by atoms with E-state index < -0.39 is 18.0 Å². The molecule has 0 aliphatic carbocycles. The molecule has 0 spiro atoms. The van der Waals surface area contributed by atoms with E-state index in [1.54, 1.807) is 48.4 Å². The SMILES string of the molecule is C[C@@H]1CN(c2ncc(-c3cc4c(cc3F)c(=O)n(C)n4Cc3ccccc3OC(F)F)cn2)CCN1. The maximum absolute atomic E-state index is 15.1. The zero-order valence-corrected chi connectivity index (χ0v) is 19.8. The van der Waals surface area contributed by atoms with Gasteiger partial charge in [0, 0.05) is 61.8 Å². The van der Waals surface area contributed by atoms with Gasteiger partial charge in [-0.3, -0.25) is 14.2 Å². The normalized spacial score (nSPS) is 16.2. The quantitative estimate of drug-likeness (QED) is 0.439. The van der Waals surface area contributed by atoms with Crippen LogP contribution >= 0.6 is 0 Å². The van der Waals surface area contributed by atoms with Crippen molar-refractivity contribution in [2.75, 3.05) is 24.5 Å². The molecule has 3 heterocycles. The van der Waals surface area contributed by atoms with Gasteiger partial charge < -0.3 is 15.0 Å². The van der Waals surface area contributed by atoms with Crippen molar-refractivity contribution < 1.29 is 17.9 Å². The Morgan fingerprint density at radius 3 is 2.67 bits per heavy atom. The highest BCUT2D eigenvalue weighted by atomic mass is 19.3. The largest absolute Gasteiger partial charge is 0.434 e. The number of para-hydroxylation sites is 1. The van der Waals surface area contributed by atoms with Crippen LogP contribution in [0.25, 0.3) is 22.0 Å². The van der Waals surface area contributed by atoms with Crippen LogP contribution in [0.15, 0.2) is 53.6 Å². The van der Waals surface area contributed by atoms with Gasteiger partial charge >= 0.3 is 6.61 Å². The van der Waals surface area contributed by atoms with Gasteiger partial charge in [0.15, 0.2) is 0 Å². The molecule has 1 atom stereocenters. The van der Waals surface area contributed by atoms with E-state index in [-0.39, 0.29) is 23.2 Å². The Balaban J connectivity index is 1.53. The van der Waals surface area contributed by atoms with E-state index in [2.05, 4.69) is 31.8 Å². The summed E-state index contributed by atoms with van der Waals surface area (Å²) in [5.74, 6) is 0.00197. The fourth-order valence-electron chi connectivity index (χ4n) is 4.55. The fourth-order valence-corrected chi connectivity index (χ4v) is 4.55. The second-order valence-corrected chi connectivity index (χ2v) is 8.79. The summed E-state index contributed by atoms with van der Waals surface area (Å²) in [5, 5.41) is 3.54. The molecule has 1 fully saturated rings. The maximum atomic E-state index is 15.1. The molecule has 2 aromatic heterocycles. The van der Waals surface area contributed by atoms with Crippen molar-refractivity contribution in [3.05, 3.63) is 70.5 Å². The molecule has 5 rings (SSSR count). The van der Waals surface area contributed by atoms with E-state index in [9.17, 15) is 13.6 Å². The van der Waals surface area contributed by atoms with Crippen molar-refractivity contribution in [3.63, 3.8) is 0 Å². The molecule has 1 aliphatic heterocycles. The van der Waals surface area contributed by atoms with Crippen LogP contribution < -0.4 is 20.5 Å². The smallest absolute Gasteiger partial charge is 0.387 e. The van der Waals surface area contributed by atoms with Gasteiger partial charge in [0.05, 0.1) is 17.4 Å². The number of fused-ring (bicyclic) bond motifs is 1. The Hall–Kier alpha value is -3.86. The van der Waals surface area contributed by atoms with Crippen molar-refractivity contribution in [1.29, 1.82) is 0 Å². The van der Waals surface area contributed by atoms with Gasteiger partial charge in [0.1, 0.15) is 11.6 Å². The van der Waals surface area contributed by atoms with Crippen LogP contribution in [0.3, 0.4) is 0 Å². The monoisotopic (exact) mass is 498 g/mol. The first kappa shape index (κ1) is 23.9. The van der Waals surface area contributed by atoms with Gasteiger partial charge in [0.2, 0.25) is 5.95 Å². The molecule has 8 nitrogen and oxygen atoms in total. The van der Waals surface area contributed by atoms with Crippen LogP contribution in [0.1, 0.15) is 12.5 Å². The lowest BCUT2D eigenvalue weighted by atomic mass is 10.1. The number of nitrogens with zero attached hydrogens (tertiary/aromatic N) is 5. The van der Waals surface area contributed by atoms with Crippen LogP contribution in [0.5, 0.6) is 5.75 Å². The Morgan fingerprint density at radius 1 is 1.19 bits per heavy atom. The molecule has 0 saturated carbocycles. The Labute approximate surface area is 204 Å². The second-order valence-electron chi connectivity index (χ2n) is 8.79. The van der Waals surface area contributed by atoms with Crippen molar-refractivity contribution in [1.82, 2.24) is 24.6 Å². The first-order chi connectivity index (χ1) is 17.3. The molecular weight excluding hydrogens is 473 g/mol. The predicted molar refractivity (Wildman–Crippen MR) is 130 cm³/mol. The molecule has 188 valence electrons. The van der Waals surface area contributed by atoms with Crippen molar-refractivity contribution in [3.8, 4) is 16.9 Å². The zero-order chi connectivity index (χ0) is 25.4. The first-order valence-electron chi connectivity index (χ1n) is 11.5. The zero-order valence-electron chi connectivity index (χ0n) is 19.8. The van der Waals surface area contributed by atoms with Gasteiger partial charge in [-0.05, 0) is 25.1 Å². The Bertz CT molecular complexity index is 1450. The molecule has 4 aromatic rings. The lowest BCUT2D eigenvalue weighted by Gasteiger charge is -2.31. The summed E-state index contributed by atoms with van der Waals surface area (Å²) in [6.07, 6.45) is 3.13. The van der Waals surface area contributed by atoms with E-state index in [1.165, 1.54) is 16.8 Å². The number of alkyl halides is 2. The lowest BCUT2D eigenvalue weighted by molar-refractivity contribution is -0.0505. The number of hydrogen-bond acceptors (Lipinski definition) is 6. The van der Waals surface area contributed by atoms with Crippen molar-refractivity contribution in [2.45, 2.75) is 26.1 Å². The number of halogens is 3. The maximum Gasteiger partial charge on any atom is 0.387 e. The number of aromatic nitrogens is 4. The van der Waals surface area contributed by atoms with Gasteiger partial charge in [0.25, 0.3) is 5.56 Å². The average Bonchev–Trinajstić information content (AvgIpc) is 3.08. The molecule has 1 saturated heterocycles. The third-order valence-corrected chi connectivity index (χ3v) is 6.36. The first-order valence-corrected chi connectivity index (χ1v) is 11.5. The van der Waals surface area contributed by atoms with Crippen LogP contribution in [0.4, 0.5) is 19.1 Å². The van der Waals surface area contributed by atoms with Crippen LogP contribution in [-0.4, -0.2) is 51.6 Å². The highest BCUT2D eigenvalue weighted by Gasteiger charge is 2.20. The fraction of sp³-hybridized carbons (Fsp3) is 0.320. The van der Waals surface area contributed by atoms with E-state index in [4.69, 9.17) is 0 Å². The molecule has 0 bridgehead atoms. The summed E-state index contributed by atoms with van der Waals surface area (Å²) in [5.41, 5.74) is 1.20. The van der Waals surface area contributed by atoms with Crippen molar-refractivity contribution in [2.24, 2.45) is 7.05 Å². The van der Waals surface area contributed by atoms with Gasteiger partial charge in [-0.1, -0.05) is 18.2 Å². The topological polar surface area (TPSA) is 77.2 Å². The molecule has 36 heavy (non-hydrogen) atoms. The number of ether oxygens (including phenoxy) is 1. The van der Waals surface area contributed by atoms with Crippen molar-refractivity contribution >= 4 is 16.9 Å². The molecule has 11 heteroatoms. The summed E-state index contributed by atoms with van der Waals surface area (Å²) in [6.45, 7) is 1.55. The van der Waals surface area contributed by atoms with E-state index >= 15 is 4.39 Å². The third-order valence-electron chi connectivity index (χ3n) is 6.36. The minimum atomic E-state index is -2.98. The number of rotatable bonds is 6. The molecule has 2 aromatic carbocycles. The minimum Gasteiger partial charge on any atom is -0.434 e. The minimum absolute atomic E-state index is 0.00959. The molecule has 1 aliphatic rings. The summed E-state index contributed by atoms with van der Waals surface area (Å²) in [7, 11) is 1.54. The molecular formula is C25H25F3N6O2. The van der Waals surface area contributed by atoms with Gasteiger partial charge in [-0.2, -0.15) is 8.78 Å². The number of nitrogens with one attached hydrogen (secondary N) is 1. The highest BCUT2D eigenvalue weighted by molar-refractivity contribution is 5.84. The summed E-state index contributed by atoms with van der Waals surface area (Å²) in [6, 6.07) is 9.43. The number of benzene rings is 2. The molecule has 0 radical (unpaired) electrons. The van der Waals surface area contributed by atoms with Gasteiger partial charge in [-0.15, -0.1) is 0 Å². The number of anilines is 1. The summed E-state index contributed by atoms with van der Waals surface area (Å²) >= 11 is 0. The average molecular weight is 499 g/mol.